The Labute approximate surface area is 90.4 Å². The first kappa shape index (κ1) is 12.4. The lowest BCUT2D eigenvalue weighted by atomic mass is 10.3. The van der Waals surface area contributed by atoms with E-state index in [0.717, 1.165) is 0 Å². The van der Waals surface area contributed by atoms with Crippen LogP contribution in [0.5, 0.6) is 0 Å². The Morgan fingerprint density at radius 1 is 1.21 bits per heavy atom. The molecule has 0 spiro atoms. The van der Waals surface area contributed by atoms with Gasteiger partial charge in [-0.05, 0) is 33.4 Å². The van der Waals surface area contributed by atoms with Gasteiger partial charge in [0.25, 0.3) is 0 Å². The minimum absolute atomic E-state index is 0.331. The van der Waals surface area contributed by atoms with E-state index in [4.69, 9.17) is 4.43 Å². The number of hydrogen-bond donors (Lipinski definition) is 1. The number of rotatable bonds is 2. The van der Waals surface area contributed by atoms with Gasteiger partial charge < -0.3 is 4.43 Å². The molecule has 4 heteroatoms. The lowest BCUT2D eigenvalue weighted by Crippen LogP contribution is -2.64. The first-order valence-electron chi connectivity index (χ1n) is 5.68. The number of nitrogens with one attached hydrogen (secondary N) is 1. The molecule has 0 aromatic rings. The molecule has 0 aromatic carbocycles. The van der Waals surface area contributed by atoms with E-state index in [1.54, 1.807) is 0 Å². The summed E-state index contributed by atoms with van der Waals surface area (Å²) in [5.41, 5.74) is 0. The minimum Gasteiger partial charge on any atom is -0.405 e. The zero-order valence-corrected chi connectivity index (χ0v) is 12.5. The third kappa shape index (κ3) is 2.69. The average molecular weight is 231 g/mol. The molecule has 1 fully saturated rings. The van der Waals surface area contributed by atoms with Crippen molar-refractivity contribution in [1.29, 1.82) is 0 Å². The number of hydrogen-bond acceptors (Lipinski definition) is 2. The van der Waals surface area contributed by atoms with E-state index in [1.165, 1.54) is 12.5 Å². The van der Waals surface area contributed by atoms with Crippen LogP contribution < -0.4 is 5.32 Å². The van der Waals surface area contributed by atoms with Crippen LogP contribution in [-0.2, 0) is 4.43 Å². The molecule has 0 aliphatic carbocycles. The van der Waals surface area contributed by atoms with Crippen LogP contribution in [-0.4, -0.2) is 27.7 Å². The Balaban J connectivity index is 2.59. The first-order chi connectivity index (χ1) is 6.24. The predicted molar refractivity (Wildman–Crippen MR) is 67.5 cm³/mol. The van der Waals surface area contributed by atoms with Crippen molar-refractivity contribution in [3.05, 3.63) is 0 Å². The maximum atomic E-state index is 6.29. The summed E-state index contributed by atoms with van der Waals surface area (Å²) in [5, 5.41) is 3.51. The molecule has 1 atom stereocenters. The first-order valence-corrected chi connectivity index (χ1v) is 12.8. The van der Waals surface area contributed by atoms with Gasteiger partial charge in [0.05, 0.1) is 13.8 Å². The molecule has 1 rings (SSSR count). The van der Waals surface area contributed by atoms with Crippen LogP contribution in [0.1, 0.15) is 20.3 Å². The van der Waals surface area contributed by atoms with Crippen LogP contribution in [0.3, 0.4) is 0 Å². The standard InChI is InChI=1S/C10H25NOSi2/c1-9(2)11-10-7-8-13(3,4)14(5,6)12-10/h9-11H,7-8H2,1-6H3. The van der Waals surface area contributed by atoms with Crippen molar-refractivity contribution in [2.75, 3.05) is 0 Å². The molecule has 1 aliphatic rings. The van der Waals surface area contributed by atoms with E-state index < -0.39 is 15.4 Å². The lowest BCUT2D eigenvalue weighted by Gasteiger charge is -2.46. The summed E-state index contributed by atoms with van der Waals surface area (Å²) in [6.07, 6.45) is 1.55. The highest BCUT2D eigenvalue weighted by Crippen LogP contribution is 2.32. The fraction of sp³-hybridized carbons (Fsp3) is 1.00. The van der Waals surface area contributed by atoms with Crippen LogP contribution in [0.25, 0.3) is 0 Å². The van der Waals surface area contributed by atoms with E-state index in [0.29, 0.717) is 12.3 Å². The van der Waals surface area contributed by atoms with Gasteiger partial charge in [0, 0.05) is 6.04 Å². The van der Waals surface area contributed by atoms with E-state index >= 15 is 0 Å². The van der Waals surface area contributed by atoms with Crippen molar-refractivity contribution in [3.63, 3.8) is 0 Å². The van der Waals surface area contributed by atoms with Crippen molar-refractivity contribution in [2.24, 2.45) is 0 Å². The van der Waals surface area contributed by atoms with Gasteiger partial charge in [-0.1, -0.05) is 19.1 Å². The zero-order chi connectivity index (χ0) is 11.0. The highest BCUT2D eigenvalue weighted by molar-refractivity contribution is 7.38. The molecule has 1 N–H and O–H groups in total. The Morgan fingerprint density at radius 3 is 2.21 bits per heavy atom. The largest absolute Gasteiger partial charge is 0.405 e. The fourth-order valence-corrected chi connectivity index (χ4v) is 8.28. The van der Waals surface area contributed by atoms with Gasteiger partial charge >= 0.3 is 0 Å². The predicted octanol–water partition coefficient (Wildman–Crippen LogP) is 2.72. The van der Waals surface area contributed by atoms with Crippen LogP contribution in [0.2, 0.25) is 32.2 Å². The maximum Gasteiger partial charge on any atom is 0.175 e. The average Bonchev–Trinajstić information content (AvgIpc) is 1.96. The molecule has 1 unspecified atom stereocenters. The molecule has 14 heavy (non-hydrogen) atoms. The van der Waals surface area contributed by atoms with Gasteiger partial charge in [0.2, 0.25) is 0 Å². The minimum atomic E-state index is -1.37. The molecule has 0 bridgehead atoms. The third-order valence-corrected chi connectivity index (χ3v) is 20.2. The summed E-state index contributed by atoms with van der Waals surface area (Å²) in [6.45, 7) is 14.2. The topological polar surface area (TPSA) is 21.3 Å². The Morgan fingerprint density at radius 2 is 1.79 bits per heavy atom. The summed E-state index contributed by atoms with van der Waals surface area (Å²) in [7, 11) is -2.41. The summed E-state index contributed by atoms with van der Waals surface area (Å²) in [5.74, 6) is 0. The van der Waals surface area contributed by atoms with Crippen LogP contribution in [0.4, 0.5) is 0 Å². The van der Waals surface area contributed by atoms with E-state index in [2.05, 4.69) is 45.4 Å². The Kier molecular flexibility index (Phi) is 3.62. The summed E-state index contributed by atoms with van der Waals surface area (Å²) >= 11 is 0. The van der Waals surface area contributed by atoms with E-state index in [-0.39, 0.29) is 0 Å². The molecule has 0 radical (unpaired) electrons. The molecule has 1 saturated heterocycles. The molecule has 0 amide bonds. The van der Waals surface area contributed by atoms with Crippen molar-refractivity contribution >= 4 is 15.4 Å². The molecule has 0 saturated carbocycles. The smallest absolute Gasteiger partial charge is 0.175 e. The second-order valence-corrected chi connectivity index (χ2v) is 21.1. The third-order valence-electron chi connectivity index (χ3n) is 3.62. The SMILES string of the molecule is CC(C)NC1CC[Si](C)(C)[Si](C)(C)O1. The van der Waals surface area contributed by atoms with Gasteiger partial charge in [-0.2, -0.15) is 0 Å². The molecule has 1 aliphatic heterocycles. The van der Waals surface area contributed by atoms with Gasteiger partial charge in [-0.3, -0.25) is 5.32 Å². The van der Waals surface area contributed by atoms with E-state index in [9.17, 15) is 0 Å². The quantitative estimate of drug-likeness (QED) is 0.738. The highest BCUT2D eigenvalue weighted by atomic mass is 29.3. The van der Waals surface area contributed by atoms with Gasteiger partial charge in [-0.25, -0.2) is 0 Å². The Bertz CT molecular complexity index is 204. The van der Waals surface area contributed by atoms with Gasteiger partial charge in [-0.15, -0.1) is 0 Å². The second-order valence-electron chi connectivity index (χ2n) is 5.86. The monoisotopic (exact) mass is 231 g/mol. The van der Waals surface area contributed by atoms with Crippen molar-refractivity contribution in [3.8, 4) is 0 Å². The highest BCUT2D eigenvalue weighted by Gasteiger charge is 2.47. The molecule has 0 aromatic heterocycles. The van der Waals surface area contributed by atoms with Crippen LogP contribution in [0.15, 0.2) is 0 Å². The zero-order valence-electron chi connectivity index (χ0n) is 10.5. The second kappa shape index (κ2) is 4.08. The van der Waals surface area contributed by atoms with Crippen molar-refractivity contribution in [1.82, 2.24) is 5.32 Å². The van der Waals surface area contributed by atoms with Crippen LogP contribution in [0, 0.1) is 0 Å². The van der Waals surface area contributed by atoms with Crippen molar-refractivity contribution in [2.45, 2.75) is 64.8 Å². The molecular weight excluding hydrogens is 206 g/mol. The Hall–Kier alpha value is 0.354. The molecule has 2 nitrogen and oxygen atoms in total. The fourth-order valence-electron chi connectivity index (χ4n) is 1.86. The summed E-state index contributed by atoms with van der Waals surface area (Å²) in [4.78, 5) is 0. The lowest BCUT2D eigenvalue weighted by molar-refractivity contribution is 0.138. The molecule has 1 heterocycles. The molecular formula is C10H25NOSi2. The maximum absolute atomic E-state index is 6.29. The summed E-state index contributed by atoms with van der Waals surface area (Å²) < 4.78 is 6.29. The van der Waals surface area contributed by atoms with Gasteiger partial charge in [0.15, 0.2) is 7.83 Å². The van der Waals surface area contributed by atoms with E-state index in [1.807, 2.05) is 0 Å². The van der Waals surface area contributed by atoms with Gasteiger partial charge in [0.1, 0.15) is 0 Å². The normalized spacial score (nSPS) is 30.6. The van der Waals surface area contributed by atoms with Crippen molar-refractivity contribution < 1.29 is 4.43 Å². The molecule has 84 valence electrons. The summed E-state index contributed by atoms with van der Waals surface area (Å²) in [6, 6.07) is 1.96. The van der Waals surface area contributed by atoms with Crippen LogP contribution >= 0.6 is 0 Å².